The third-order valence-corrected chi connectivity index (χ3v) is 2.99. The van der Waals surface area contributed by atoms with Gasteiger partial charge < -0.3 is 12.4 Å². The molecule has 14 heavy (non-hydrogen) atoms. The Labute approximate surface area is 90.7 Å². The van der Waals surface area contributed by atoms with Crippen LogP contribution in [0.1, 0.15) is 44.0 Å². The zero-order valence-corrected chi connectivity index (χ0v) is 9.54. The van der Waals surface area contributed by atoms with Crippen LogP contribution in [0.15, 0.2) is 0 Å². The molecular formula is C9H17ClN4. The summed E-state index contributed by atoms with van der Waals surface area (Å²) in [7, 11) is 1.95. The van der Waals surface area contributed by atoms with E-state index in [2.05, 4.69) is 22.0 Å². The maximum atomic E-state index is 4.17. The molecule has 0 N–H and O–H groups in total. The quantitative estimate of drug-likeness (QED) is 0.506. The van der Waals surface area contributed by atoms with Gasteiger partial charge in [0.2, 0.25) is 0 Å². The Balaban J connectivity index is 0.000000980. The number of halogens is 1. The molecule has 1 fully saturated rings. The smallest absolute Gasteiger partial charge is 0.253 e. The van der Waals surface area contributed by atoms with Crippen molar-refractivity contribution >= 4 is 0 Å². The van der Waals surface area contributed by atoms with E-state index in [0.717, 1.165) is 5.82 Å². The van der Waals surface area contributed by atoms with Crippen LogP contribution in [0.25, 0.3) is 0 Å². The van der Waals surface area contributed by atoms with Gasteiger partial charge in [-0.25, -0.2) is 0 Å². The minimum absolute atomic E-state index is 0. The van der Waals surface area contributed by atoms with Gasteiger partial charge in [-0.3, -0.25) is 0 Å². The van der Waals surface area contributed by atoms with Gasteiger partial charge in [0.05, 0.1) is 7.05 Å². The molecule has 1 heterocycles. The molecule has 0 radical (unpaired) electrons. The van der Waals surface area contributed by atoms with E-state index >= 15 is 0 Å². The van der Waals surface area contributed by atoms with E-state index in [9.17, 15) is 0 Å². The minimum atomic E-state index is 0. The fourth-order valence-electron chi connectivity index (χ4n) is 2.04. The molecule has 1 aliphatic rings. The van der Waals surface area contributed by atoms with Crippen LogP contribution in [0.2, 0.25) is 0 Å². The lowest BCUT2D eigenvalue weighted by Gasteiger charge is -2.16. The molecule has 0 bridgehead atoms. The Morgan fingerprint density at radius 1 is 1.29 bits per heavy atom. The third kappa shape index (κ3) is 2.05. The summed E-state index contributed by atoms with van der Waals surface area (Å²) >= 11 is 0. The van der Waals surface area contributed by atoms with Gasteiger partial charge in [0.25, 0.3) is 5.82 Å². The average Bonchev–Trinajstić information content (AvgIpc) is 2.49. The largest absolute Gasteiger partial charge is 1.00 e. The lowest BCUT2D eigenvalue weighted by atomic mass is 9.96. The Kier molecular flexibility index (Phi) is 3.86. The molecule has 0 aliphatic heterocycles. The number of aryl methyl sites for hydroxylation is 1. The van der Waals surface area contributed by atoms with E-state index < -0.39 is 0 Å². The molecule has 1 saturated carbocycles. The van der Waals surface area contributed by atoms with Crippen molar-refractivity contribution in [2.45, 2.75) is 45.1 Å². The van der Waals surface area contributed by atoms with Crippen molar-refractivity contribution in [1.29, 1.82) is 0 Å². The topological polar surface area (TPSA) is 34.6 Å². The van der Waals surface area contributed by atoms with Crippen LogP contribution in [0.4, 0.5) is 0 Å². The zero-order chi connectivity index (χ0) is 9.26. The zero-order valence-electron chi connectivity index (χ0n) is 8.78. The highest BCUT2D eigenvalue weighted by molar-refractivity contribution is 4.76. The SMILES string of the molecule is Cc1n(C2CCCCC2)nn[n+]1C.[Cl-]. The predicted octanol–water partition coefficient (Wildman–Crippen LogP) is -2.08. The Morgan fingerprint density at radius 2 is 1.93 bits per heavy atom. The van der Waals surface area contributed by atoms with Crippen LogP contribution in [-0.4, -0.2) is 15.1 Å². The highest BCUT2D eigenvalue weighted by Gasteiger charge is 2.25. The number of rotatable bonds is 1. The average molecular weight is 217 g/mol. The Hall–Kier alpha value is -0.640. The molecule has 0 saturated heterocycles. The van der Waals surface area contributed by atoms with Gasteiger partial charge in [-0.1, -0.05) is 11.1 Å². The second-order valence-corrected chi connectivity index (χ2v) is 3.89. The predicted molar refractivity (Wildman–Crippen MR) is 48.1 cm³/mol. The van der Waals surface area contributed by atoms with Crippen LogP contribution < -0.4 is 17.1 Å². The van der Waals surface area contributed by atoms with E-state index in [1.165, 1.54) is 32.1 Å². The molecule has 5 heteroatoms. The molecule has 0 spiro atoms. The van der Waals surface area contributed by atoms with Crippen LogP contribution in [0, 0.1) is 6.92 Å². The number of tetrazole rings is 1. The maximum Gasteiger partial charge on any atom is 0.253 e. The summed E-state index contributed by atoms with van der Waals surface area (Å²) in [5.41, 5.74) is 0. The molecular weight excluding hydrogens is 200 g/mol. The van der Waals surface area contributed by atoms with Crippen LogP contribution in [-0.2, 0) is 7.05 Å². The van der Waals surface area contributed by atoms with Gasteiger partial charge in [0.15, 0.2) is 5.21 Å². The van der Waals surface area contributed by atoms with E-state index in [4.69, 9.17) is 0 Å². The molecule has 0 aromatic carbocycles. The first-order valence-electron chi connectivity index (χ1n) is 5.07. The van der Waals surface area contributed by atoms with E-state index in [1.807, 2.05) is 11.7 Å². The summed E-state index contributed by atoms with van der Waals surface area (Å²) in [6.45, 7) is 2.08. The lowest BCUT2D eigenvalue weighted by molar-refractivity contribution is -0.737. The van der Waals surface area contributed by atoms with Crippen molar-refractivity contribution in [2.24, 2.45) is 7.05 Å². The van der Waals surface area contributed by atoms with Crippen molar-refractivity contribution in [1.82, 2.24) is 15.1 Å². The fraction of sp³-hybridized carbons (Fsp3) is 0.889. The maximum absolute atomic E-state index is 4.17. The molecule has 1 aliphatic carbocycles. The van der Waals surface area contributed by atoms with Crippen molar-refractivity contribution in [2.75, 3.05) is 0 Å². The summed E-state index contributed by atoms with van der Waals surface area (Å²) in [6.07, 6.45) is 6.60. The van der Waals surface area contributed by atoms with E-state index in [1.54, 1.807) is 0 Å². The van der Waals surface area contributed by atoms with Gasteiger partial charge in [-0.15, -0.1) is 4.68 Å². The molecule has 0 amide bonds. The number of hydrogen-bond acceptors (Lipinski definition) is 2. The lowest BCUT2D eigenvalue weighted by Crippen LogP contribution is -3.00. The first-order chi connectivity index (χ1) is 6.29. The molecule has 2 rings (SSSR count). The van der Waals surface area contributed by atoms with Crippen molar-refractivity contribution < 1.29 is 17.1 Å². The summed E-state index contributed by atoms with van der Waals surface area (Å²) in [6, 6.07) is 0.599. The minimum Gasteiger partial charge on any atom is -1.00 e. The monoisotopic (exact) mass is 216 g/mol. The van der Waals surface area contributed by atoms with Crippen molar-refractivity contribution in [3.8, 4) is 0 Å². The fourth-order valence-corrected chi connectivity index (χ4v) is 2.04. The van der Waals surface area contributed by atoms with Gasteiger partial charge in [-0.2, -0.15) is 0 Å². The molecule has 0 atom stereocenters. The third-order valence-electron chi connectivity index (χ3n) is 2.99. The molecule has 1 aromatic heterocycles. The van der Waals surface area contributed by atoms with E-state index in [0.29, 0.717) is 6.04 Å². The number of hydrogen-bond donors (Lipinski definition) is 0. The standard InChI is InChI=1S/C9H17N4.ClH/c1-8-12(2)10-11-13(8)9-6-4-3-5-7-9;/h9H,3-7H2,1-2H3;1H/q+1;/p-1. The summed E-state index contributed by atoms with van der Waals surface area (Å²) in [5.74, 6) is 1.16. The molecule has 0 unspecified atom stereocenters. The van der Waals surface area contributed by atoms with Gasteiger partial charge in [-0.05, 0) is 25.7 Å². The highest BCUT2D eigenvalue weighted by Crippen LogP contribution is 2.27. The summed E-state index contributed by atoms with van der Waals surface area (Å²) in [5, 5.41) is 8.19. The summed E-state index contributed by atoms with van der Waals surface area (Å²) in [4.78, 5) is 0. The Morgan fingerprint density at radius 3 is 2.43 bits per heavy atom. The van der Waals surface area contributed by atoms with Crippen molar-refractivity contribution in [3.63, 3.8) is 0 Å². The van der Waals surface area contributed by atoms with Gasteiger partial charge in [0, 0.05) is 6.92 Å². The normalized spacial score (nSPS) is 17.9. The van der Waals surface area contributed by atoms with Crippen LogP contribution >= 0.6 is 0 Å². The van der Waals surface area contributed by atoms with Crippen LogP contribution in [0.3, 0.4) is 0 Å². The van der Waals surface area contributed by atoms with Crippen molar-refractivity contribution in [3.05, 3.63) is 5.82 Å². The second kappa shape index (κ2) is 4.73. The van der Waals surface area contributed by atoms with Gasteiger partial charge >= 0.3 is 0 Å². The Bertz CT molecular complexity index is 291. The van der Waals surface area contributed by atoms with E-state index in [-0.39, 0.29) is 12.4 Å². The molecule has 80 valence electrons. The molecule has 1 aromatic rings. The first kappa shape index (κ1) is 11.4. The summed E-state index contributed by atoms with van der Waals surface area (Å²) < 4.78 is 3.92. The number of aromatic nitrogens is 4. The molecule has 4 nitrogen and oxygen atoms in total. The highest BCUT2D eigenvalue weighted by atomic mass is 35.5. The van der Waals surface area contributed by atoms with Gasteiger partial charge in [0.1, 0.15) is 11.3 Å². The first-order valence-corrected chi connectivity index (χ1v) is 5.07. The number of nitrogens with zero attached hydrogens (tertiary/aromatic N) is 4. The van der Waals surface area contributed by atoms with Crippen LogP contribution in [0.5, 0.6) is 0 Å². The second-order valence-electron chi connectivity index (χ2n) is 3.89.